The lowest BCUT2D eigenvalue weighted by Gasteiger charge is -2.31. The normalized spacial score (nSPS) is 23.0. The van der Waals surface area contributed by atoms with Gasteiger partial charge in [-0.05, 0) is 37.1 Å². The van der Waals surface area contributed by atoms with Gasteiger partial charge >= 0.3 is 0 Å². The van der Waals surface area contributed by atoms with Gasteiger partial charge in [0.05, 0.1) is 12.0 Å². The highest BCUT2D eigenvalue weighted by Crippen LogP contribution is 2.48. The summed E-state index contributed by atoms with van der Waals surface area (Å²) >= 11 is 0. The Morgan fingerprint density at radius 1 is 1.17 bits per heavy atom. The lowest BCUT2D eigenvalue weighted by molar-refractivity contribution is -0.127. The number of hydrogen-bond acceptors (Lipinski definition) is 4. The fourth-order valence-electron chi connectivity index (χ4n) is 3.95. The number of aliphatic hydroxyl groups excluding tert-OH is 1. The number of amides is 1. The van der Waals surface area contributed by atoms with Crippen molar-refractivity contribution in [3.63, 3.8) is 0 Å². The third-order valence-electron chi connectivity index (χ3n) is 5.23. The number of nitrogens with zero attached hydrogens (tertiary/aromatic N) is 1. The number of aliphatic hydroxyl groups is 1. The summed E-state index contributed by atoms with van der Waals surface area (Å²) in [5, 5.41) is 10.5. The molecule has 1 aliphatic heterocycles. The van der Waals surface area contributed by atoms with Gasteiger partial charge in [0, 0.05) is 32.2 Å². The van der Waals surface area contributed by atoms with E-state index in [-0.39, 0.29) is 11.3 Å². The minimum absolute atomic E-state index is 0.0865. The maximum Gasteiger partial charge on any atom is 0.235 e. The van der Waals surface area contributed by atoms with Crippen molar-refractivity contribution >= 4 is 11.6 Å². The molecule has 1 saturated heterocycles. The molecule has 132 valence electrons. The number of ether oxygens (including phenoxy) is 2. The summed E-state index contributed by atoms with van der Waals surface area (Å²) in [6.07, 6.45) is 5.84. The van der Waals surface area contributed by atoms with E-state index in [1.54, 1.807) is 12.0 Å². The van der Waals surface area contributed by atoms with Gasteiger partial charge < -0.3 is 14.6 Å². The van der Waals surface area contributed by atoms with Crippen molar-refractivity contribution in [2.45, 2.75) is 51.2 Å². The Kier molecular flexibility index (Phi) is 5.41. The third kappa shape index (κ3) is 3.42. The number of anilines is 1. The average Bonchev–Trinajstić information content (AvgIpc) is 2.83. The van der Waals surface area contributed by atoms with Gasteiger partial charge in [-0.25, -0.2) is 0 Å². The van der Waals surface area contributed by atoms with E-state index in [0.717, 1.165) is 43.5 Å². The van der Waals surface area contributed by atoms with Crippen LogP contribution in [-0.2, 0) is 9.53 Å². The molecule has 2 fully saturated rings. The molecule has 1 amide bonds. The highest BCUT2D eigenvalue weighted by molar-refractivity contribution is 6.00. The summed E-state index contributed by atoms with van der Waals surface area (Å²) in [4.78, 5) is 14.5. The van der Waals surface area contributed by atoms with E-state index in [1.807, 2.05) is 24.3 Å². The van der Waals surface area contributed by atoms with Crippen molar-refractivity contribution in [1.82, 2.24) is 0 Å². The monoisotopic (exact) mass is 333 g/mol. The maximum atomic E-state index is 12.9. The summed E-state index contributed by atoms with van der Waals surface area (Å²) < 4.78 is 10.6. The van der Waals surface area contributed by atoms with Crippen LogP contribution in [0.2, 0.25) is 0 Å². The van der Waals surface area contributed by atoms with E-state index in [9.17, 15) is 9.90 Å². The van der Waals surface area contributed by atoms with Gasteiger partial charge in [0.2, 0.25) is 5.91 Å². The van der Waals surface area contributed by atoms with Crippen LogP contribution in [0.5, 0.6) is 5.75 Å². The maximum absolute atomic E-state index is 12.9. The molecule has 5 heteroatoms. The zero-order chi connectivity index (χ0) is 17.0. The number of rotatable bonds is 6. The van der Waals surface area contributed by atoms with Gasteiger partial charge in [0.1, 0.15) is 12.0 Å². The largest absolute Gasteiger partial charge is 0.494 e. The Morgan fingerprint density at radius 2 is 1.88 bits per heavy atom. The van der Waals surface area contributed by atoms with Crippen molar-refractivity contribution in [3.8, 4) is 5.75 Å². The first-order valence-corrected chi connectivity index (χ1v) is 8.90. The van der Waals surface area contributed by atoms with Crippen LogP contribution in [0.4, 0.5) is 5.69 Å². The van der Waals surface area contributed by atoms with E-state index < -0.39 is 6.23 Å². The molecule has 1 N–H and O–H groups in total. The van der Waals surface area contributed by atoms with Crippen LogP contribution in [0.1, 0.15) is 44.9 Å². The van der Waals surface area contributed by atoms with Crippen molar-refractivity contribution in [2.75, 3.05) is 25.2 Å². The van der Waals surface area contributed by atoms with Crippen molar-refractivity contribution in [2.24, 2.45) is 5.41 Å². The van der Waals surface area contributed by atoms with Crippen LogP contribution in [0.3, 0.4) is 0 Å². The number of carbonyl (C=O) groups is 1. The SMILES string of the molecule is COCCCOc1ccc(N2C(=O)C3(CCCCC3)CC2O)cc1. The molecular weight excluding hydrogens is 306 g/mol. The molecule has 1 aliphatic carbocycles. The molecule has 0 bridgehead atoms. The second kappa shape index (κ2) is 7.53. The summed E-state index contributed by atoms with van der Waals surface area (Å²) in [7, 11) is 1.67. The highest BCUT2D eigenvalue weighted by atomic mass is 16.5. The van der Waals surface area contributed by atoms with Gasteiger partial charge in [-0.1, -0.05) is 19.3 Å². The molecule has 2 aliphatic rings. The molecule has 1 saturated carbocycles. The summed E-state index contributed by atoms with van der Waals surface area (Å²) in [6, 6.07) is 7.42. The molecule has 1 aromatic carbocycles. The first kappa shape index (κ1) is 17.2. The topological polar surface area (TPSA) is 59.0 Å². The second-order valence-electron chi connectivity index (χ2n) is 6.89. The molecule has 3 rings (SSSR count). The first-order valence-electron chi connectivity index (χ1n) is 8.90. The number of hydrogen-bond donors (Lipinski definition) is 1. The Balaban J connectivity index is 1.66. The highest BCUT2D eigenvalue weighted by Gasteiger charge is 2.51. The Bertz CT molecular complexity index is 551. The number of methoxy groups -OCH3 is 1. The van der Waals surface area contributed by atoms with Gasteiger partial charge in [-0.2, -0.15) is 0 Å². The summed E-state index contributed by atoms with van der Waals surface area (Å²) in [5.41, 5.74) is 0.409. The van der Waals surface area contributed by atoms with Crippen molar-refractivity contribution in [1.29, 1.82) is 0 Å². The predicted octanol–water partition coefficient (Wildman–Crippen LogP) is 3.11. The molecule has 24 heavy (non-hydrogen) atoms. The fraction of sp³-hybridized carbons (Fsp3) is 0.632. The number of carbonyl (C=O) groups excluding carboxylic acids is 1. The molecule has 1 aromatic rings. The van der Waals surface area contributed by atoms with Gasteiger partial charge in [-0.3, -0.25) is 9.69 Å². The van der Waals surface area contributed by atoms with Crippen molar-refractivity contribution in [3.05, 3.63) is 24.3 Å². The van der Waals surface area contributed by atoms with Crippen molar-refractivity contribution < 1.29 is 19.4 Å². The molecule has 0 radical (unpaired) electrons. The van der Waals surface area contributed by atoms with Crippen LogP contribution in [-0.4, -0.2) is 37.6 Å². The molecule has 1 heterocycles. The lowest BCUT2D eigenvalue weighted by Crippen LogP contribution is -2.38. The molecule has 1 unspecified atom stereocenters. The summed E-state index contributed by atoms with van der Waals surface area (Å²) in [6.45, 7) is 1.27. The van der Waals surface area contributed by atoms with E-state index in [1.165, 1.54) is 6.42 Å². The van der Waals surface area contributed by atoms with E-state index >= 15 is 0 Å². The third-order valence-corrected chi connectivity index (χ3v) is 5.23. The zero-order valence-electron chi connectivity index (χ0n) is 14.4. The summed E-state index contributed by atoms with van der Waals surface area (Å²) in [5.74, 6) is 0.854. The Labute approximate surface area is 143 Å². The lowest BCUT2D eigenvalue weighted by atomic mass is 9.73. The van der Waals surface area contributed by atoms with Gasteiger partial charge in [0.15, 0.2) is 0 Å². The van der Waals surface area contributed by atoms with Gasteiger partial charge in [0.25, 0.3) is 0 Å². The Hall–Kier alpha value is -1.59. The predicted molar refractivity (Wildman–Crippen MR) is 92.1 cm³/mol. The fourth-order valence-corrected chi connectivity index (χ4v) is 3.95. The Morgan fingerprint density at radius 3 is 2.54 bits per heavy atom. The van der Waals surface area contributed by atoms with Crippen LogP contribution >= 0.6 is 0 Å². The quantitative estimate of drug-likeness (QED) is 0.813. The molecular formula is C19H27NO4. The minimum atomic E-state index is -0.718. The smallest absolute Gasteiger partial charge is 0.235 e. The number of benzene rings is 1. The second-order valence-corrected chi connectivity index (χ2v) is 6.89. The van der Waals surface area contributed by atoms with E-state index in [4.69, 9.17) is 9.47 Å². The van der Waals surface area contributed by atoms with Crippen LogP contribution in [0.25, 0.3) is 0 Å². The standard InChI is InChI=1S/C19H27NO4/c1-23-12-5-13-24-16-8-6-15(7-9-16)20-17(21)14-19(18(20)22)10-3-2-4-11-19/h6-9,17,21H,2-5,10-14H2,1H3. The van der Waals surface area contributed by atoms with E-state index in [2.05, 4.69) is 0 Å². The van der Waals surface area contributed by atoms with Crippen LogP contribution < -0.4 is 9.64 Å². The molecule has 1 atom stereocenters. The van der Waals surface area contributed by atoms with Crippen LogP contribution in [0.15, 0.2) is 24.3 Å². The average molecular weight is 333 g/mol. The molecule has 1 spiro atoms. The minimum Gasteiger partial charge on any atom is -0.494 e. The zero-order valence-corrected chi connectivity index (χ0v) is 14.4. The molecule has 5 nitrogen and oxygen atoms in total. The van der Waals surface area contributed by atoms with E-state index in [0.29, 0.717) is 19.6 Å². The van der Waals surface area contributed by atoms with Gasteiger partial charge in [-0.15, -0.1) is 0 Å². The van der Waals surface area contributed by atoms with Crippen LogP contribution in [0, 0.1) is 5.41 Å². The molecule has 0 aromatic heterocycles. The first-order chi connectivity index (χ1) is 11.7.